The first kappa shape index (κ1) is 14.2. The Balaban J connectivity index is 2.19. The van der Waals surface area contributed by atoms with Gasteiger partial charge in [-0.05, 0) is 25.0 Å². The van der Waals surface area contributed by atoms with E-state index >= 15 is 0 Å². The molecule has 0 radical (unpaired) electrons. The molecule has 2 rings (SSSR count). The highest BCUT2D eigenvalue weighted by Crippen LogP contribution is 2.30. The fourth-order valence-corrected chi connectivity index (χ4v) is 2.10. The van der Waals surface area contributed by atoms with Gasteiger partial charge in [-0.3, -0.25) is 4.90 Å². The molecule has 0 spiro atoms. The number of carbonyl (C=O) groups excluding carboxylic acids is 1. The van der Waals surface area contributed by atoms with Crippen LogP contribution in [-0.4, -0.2) is 36.3 Å². The van der Waals surface area contributed by atoms with Crippen molar-refractivity contribution in [3.63, 3.8) is 0 Å². The molecule has 2 N–H and O–H groups in total. The van der Waals surface area contributed by atoms with Crippen molar-refractivity contribution in [2.75, 3.05) is 18.1 Å². The number of anilines is 1. The van der Waals surface area contributed by atoms with E-state index in [0.29, 0.717) is 37.4 Å². The molecule has 0 aliphatic carbocycles. The summed E-state index contributed by atoms with van der Waals surface area (Å²) in [7, 11) is 0. The molecule has 2 amide bonds. The Hall–Kier alpha value is -2.24. The van der Waals surface area contributed by atoms with E-state index in [1.807, 2.05) is 12.1 Å². The van der Waals surface area contributed by atoms with Crippen LogP contribution >= 0.6 is 0 Å². The van der Waals surface area contributed by atoms with Crippen LogP contribution in [0.15, 0.2) is 24.3 Å². The maximum absolute atomic E-state index is 12.3. The highest BCUT2D eigenvalue weighted by Gasteiger charge is 2.25. The summed E-state index contributed by atoms with van der Waals surface area (Å²) in [5.74, 6) is -0.385. The first-order chi connectivity index (χ1) is 9.63. The van der Waals surface area contributed by atoms with Gasteiger partial charge in [0.1, 0.15) is 11.8 Å². The summed E-state index contributed by atoms with van der Waals surface area (Å²) < 4.78 is 5.57. The predicted octanol–water partition coefficient (Wildman–Crippen LogP) is 1.85. The maximum Gasteiger partial charge on any atom is 0.326 e. The summed E-state index contributed by atoms with van der Waals surface area (Å²) >= 11 is 0. The minimum absolute atomic E-state index is 0.340. The number of para-hydroxylation sites is 2. The summed E-state index contributed by atoms with van der Waals surface area (Å²) in [6.07, 6.45) is 1.04. The molecule has 20 heavy (non-hydrogen) atoms. The van der Waals surface area contributed by atoms with E-state index in [0.717, 1.165) is 0 Å². The monoisotopic (exact) mass is 278 g/mol. The molecule has 6 heteroatoms. The number of nitrogens with zero attached hydrogens (tertiary/aromatic N) is 1. The number of aliphatic carboxylic acids is 1. The van der Waals surface area contributed by atoms with E-state index in [9.17, 15) is 9.59 Å². The van der Waals surface area contributed by atoms with Crippen LogP contribution in [0.1, 0.15) is 19.8 Å². The first-order valence-electron chi connectivity index (χ1n) is 6.66. The Labute approximate surface area is 117 Å². The molecular weight excluding hydrogens is 260 g/mol. The second kappa shape index (κ2) is 6.27. The lowest BCUT2D eigenvalue weighted by Crippen LogP contribution is -2.48. The van der Waals surface area contributed by atoms with Crippen molar-refractivity contribution in [3.05, 3.63) is 24.3 Å². The number of fused-ring (bicyclic) bond motifs is 1. The van der Waals surface area contributed by atoms with Gasteiger partial charge in [-0.25, -0.2) is 9.59 Å². The second-order valence-corrected chi connectivity index (χ2v) is 4.57. The highest BCUT2D eigenvalue weighted by molar-refractivity contribution is 5.95. The van der Waals surface area contributed by atoms with Gasteiger partial charge in [0.15, 0.2) is 0 Å². The summed E-state index contributed by atoms with van der Waals surface area (Å²) in [6, 6.07) is 5.97. The Morgan fingerprint density at radius 3 is 2.90 bits per heavy atom. The fourth-order valence-electron chi connectivity index (χ4n) is 2.10. The minimum Gasteiger partial charge on any atom is -0.491 e. The Morgan fingerprint density at radius 2 is 2.20 bits per heavy atom. The van der Waals surface area contributed by atoms with Crippen molar-refractivity contribution >= 4 is 17.7 Å². The van der Waals surface area contributed by atoms with E-state index in [1.165, 1.54) is 4.90 Å². The van der Waals surface area contributed by atoms with Gasteiger partial charge < -0.3 is 15.2 Å². The molecule has 0 aromatic heterocycles. The standard InChI is InChI=1S/C14H18N2O4/c1-2-10(13(17)18)15-14(19)16-8-5-9-20-12-7-4-3-6-11(12)16/h3-4,6-7,10H,2,5,8-9H2,1H3,(H,15,19)(H,17,18)/t10-/m1/s1. The SMILES string of the molecule is CC[C@@H](NC(=O)N1CCCOc2ccccc21)C(=O)O. The van der Waals surface area contributed by atoms with Crippen LogP contribution in [0.5, 0.6) is 5.75 Å². The number of hydrogen-bond donors (Lipinski definition) is 2. The number of amides is 2. The van der Waals surface area contributed by atoms with Crippen molar-refractivity contribution in [3.8, 4) is 5.75 Å². The number of carboxylic acid groups (broad SMARTS) is 1. The molecule has 0 saturated heterocycles. The van der Waals surface area contributed by atoms with E-state index in [1.54, 1.807) is 19.1 Å². The van der Waals surface area contributed by atoms with Gasteiger partial charge in [0.25, 0.3) is 0 Å². The van der Waals surface area contributed by atoms with Gasteiger partial charge in [-0.15, -0.1) is 0 Å². The van der Waals surface area contributed by atoms with Crippen LogP contribution in [-0.2, 0) is 4.79 Å². The number of urea groups is 1. The molecule has 108 valence electrons. The summed E-state index contributed by atoms with van der Waals surface area (Å²) in [5, 5.41) is 11.5. The zero-order valence-electron chi connectivity index (χ0n) is 11.3. The molecule has 0 bridgehead atoms. The fraction of sp³-hybridized carbons (Fsp3) is 0.429. The van der Waals surface area contributed by atoms with Crippen LogP contribution < -0.4 is 15.0 Å². The molecule has 0 fully saturated rings. The van der Waals surface area contributed by atoms with Gasteiger partial charge in [-0.1, -0.05) is 19.1 Å². The zero-order chi connectivity index (χ0) is 14.5. The predicted molar refractivity (Wildman–Crippen MR) is 74.1 cm³/mol. The Bertz CT molecular complexity index is 504. The van der Waals surface area contributed by atoms with Gasteiger partial charge >= 0.3 is 12.0 Å². The molecule has 1 aliphatic heterocycles. The second-order valence-electron chi connectivity index (χ2n) is 4.57. The summed E-state index contributed by atoms with van der Waals surface area (Å²) in [6.45, 7) is 2.76. The number of carbonyl (C=O) groups is 2. The number of rotatable bonds is 3. The number of benzene rings is 1. The lowest BCUT2D eigenvalue weighted by Gasteiger charge is -2.24. The number of nitrogens with one attached hydrogen (secondary N) is 1. The molecule has 0 saturated carbocycles. The van der Waals surface area contributed by atoms with Gasteiger partial charge in [0, 0.05) is 6.54 Å². The smallest absolute Gasteiger partial charge is 0.326 e. The van der Waals surface area contributed by atoms with Gasteiger partial charge in [0.2, 0.25) is 0 Å². The Kier molecular flexibility index (Phi) is 4.45. The molecule has 1 aliphatic rings. The molecule has 1 atom stereocenters. The average molecular weight is 278 g/mol. The van der Waals surface area contributed by atoms with Crippen LogP contribution in [0.25, 0.3) is 0 Å². The minimum atomic E-state index is -1.03. The van der Waals surface area contributed by atoms with Gasteiger partial charge in [0.05, 0.1) is 12.3 Å². The van der Waals surface area contributed by atoms with Crippen LogP contribution in [0.2, 0.25) is 0 Å². The summed E-state index contributed by atoms with van der Waals surface area (Å²) in [4.78, 5) is 24.8. The molecule has 0 unspecified atom stereocenters. The van der Waals surface area contributed by atoms with Crippen molar-refractivity contribution < 1.29 is 19.4 Å². The zero-order valence-corrected chi connectivity index (χ0v) is 11.3. The Morgan fingerprint density at radius 1 is 1.45 bits per heavy atom. The lowest BCUT2D eigenvalue weighted by atomic mass is 10.2. The van der Waals surface area contributed by atoms with E-state index in [4.69, 9.17) is 9.84 Å². The maximum atomic E-state index is 12.3. The van der Waals surface area contributed by atoms with Crippen molar-refractivity contribution in [2.45, 2.75) is 25.8 Å². The topological polar surface area (TPSA) is 78.9 Å². The van der Waals surface area contributed by atoms with Crippen molar-refractivity contribution in [1.82, 2.24) is 5.32 Å². The third kappa shape index (κ3) is 3.01. The van der Waals surface area contributed by atoms with Crippen molar-refractivity contribution in [1.29, 1.82) is 0 Å². The summed E-state index contributed by atoms with van der Waals surface area (Å²) in [5.41, 5.74) is 0.669. The molecule has 1 aromatic carbocycles. The van der Waals surface area contributed by atoms with Crippen LogP contribution in [0.4, 0.5) is 10.5 Å². The van der Waals surface area contributed by atoms with Gasteiger partial charge in [-0.2, -0.15) is 0 Å². The molecule has 1 heterocycles. The molecule has 1 aromatic rings. The number of hydrogen-bond acceptors (Lipinski definition) is 3. The quantitative estimate of drug-likeness (QED) is 0.884. The van der Waals surface area contributed by atoms with Crippen LogP contribution in [0.3, 0.4) is 0 Å². The van der Waals surface area contributed by atoms with Crippen LogP contribution in [0, 0.1) is 0 Å². The third-order valence-electron chi connectivity index (χ3n) is 3.19. The largest absolute Gasteiger partial charge is 0.491 e. The first-order valence-corrected chi connectivity index (χ1v) is 6.66. The third-order valence-corrected chi connectivity index (χ3v) is 3.19. The molecule has 6 nitrogen and oxygen atoms in total. The van der Waals surface area contributed by atoms with E-state index < -0.39 is 18.0 Å². The average Bonchev–Trinajstić information content (AvgIpc) is 2.66. The normalized spacial score (nSPS) is 15.6. The molecular formula is C14H18N2O4. The van der Waals surface area contributed by atoms with E-state index in [2.05, 4.69) is 5.32 Å². The lowest BCUT2D eigenvalue weighted by molar-refractivity contribution is -0.139. The van der Waals surface area contributed by atoms with Crippen molar-refractivity contribution in [2.24, 2.45) is 0 Å². The number of ether oxygens (including phenoxy) is 1. The number of carboxylic acids is 1. The highest BCUT2D eigenvalue weighted by atomic mass is 16.5. The van der Waals surface area contributed by atoms with E-state index in [-0.39, 0.29) is 0 Å².